The van der Waals surface area contributed by atoms with Gasteiger partial charge in [0, 0.05) is 23.3 Å². The number of rotatable bonds is 4. The molecule has 96 valence electrons. The zero-order valence-corrected chi connectivity index (χ0v) is 11.5. The molecule has 4 nitrogen and oxygen atoms in total. The van der Waals surface area contributed by atoms with Gasteiger partial charge >= 0.3 is 0 Å². The maximum Gasteiger partial charge on any atom is 0.143 e. The SMILES string of the molecule is COc1cc(NC(C)(C)c2nccs2)ccc1N. The Kier molecular flexibility index (Phi) is 3.43. The van der Waals surface area contributed by atoms with E-state index in [1.807, 2.05) is 29.8 Å². The lowest BCUT2D eigenvalue weighted by molar-refractivity contribution is 0.417. The minimum Gasteiger partial charge on any atom is -0.495 e. The third-order valence-electron chi connectivity index (χ3n) is 2.66. The molecule has 3 N–H and O–H groups in total. The Balaban J connectivity index is 2.24. The van der Waals surface area contributed by atoms with Crippen LogP contribution in [0.2, 0.25) is 0 Å². The highest BCUT2D eigenvalue weighted by molar-refractivity contribution is 7.09. The average Bonchev–Trinajstić information content (AvgIpc) is 2.85. The summed E-state index contributed by atoms with van der Waals surface area (Å²) in [5, 5.41) is 6.45. The number of hydrogen-bond acceptors (Lipinski definition) is 5. The molecule has 0 unspecified atom stereocenters. The van der Waals surface area contributed by atoms with Crippen LogP contribution in [0.4, 0.5) is 11.4 Å². The quantitative estimate of drug-likeness (QED) is 0.832. The van der Waals surface area contributed by atoms with E-state index in [4.69, 9.17) is 10.5 Å². The molecular weight excluding hydrogens is 246 g/mol. The Morgan fingerprint density at radius 1 is 1.39 bits per heavy atom. The number of nitrogen functional groups attached to an aromatic ring is 1. The summed E-state index contributed by atoms with van der Waals surface area (Å²) in [4.78, 5) is 4.34. The van der Waals surface area contributed by atoms with Crippen LogP contribution in [0, 0.1) is 0 Å². The van der Waals surface area contributed by atoms with Crippen LogP contribution >= 0.6 is 11.3 Å². The van der Waals surface area contributed by atoms with Crippen LogP contribution < -0.4 is 15.8 Å². The normalized spacial score (nSPS) is 11.3. The Morgan fingerprint density at radius 3 is 2.78 bits per heavy atom. The first-order valence-electron chi connectivity index (χ1n) is 5.64. The van der Waals surface area contributed by atoms with Crippen LogP contribution in [0.1, 0.15) is 18.9 Å². The molecule has 5 heteroatoms. The van der Waals surface area contributed by atoms with E-state index in [0.717, 1.165) is 10.7 Å². The number of anilines is 2. The van der Waals surface area contributed by atoms with Crippen molar-refractivity contribution in [2.75, 3.05) is 18.2 Å². The summed E-state index contributed by atoms with van der Waals surface area (Å²) in [6.07, 6.45) is 1.81. The van der Waals surface area contributed by atoms with Crippen molar-refractivity contribution in [3.63, 3.8) is 0 Å². The van der Waals surface area contributed by atoms with Gasteiger partial charge in [-0.3, -0.25) is 0 Å². The van der Waals surface area contributed by atoms with Gasteiger partial charge < -0.3 is 15.8 Å². The van der Waals surface area contributed by atoms with Gasteiger partial charge in [0.25, 0.3) is 0 Å². The Morgan fingerprint density at radius 2 is 2.17 bits per heavy atom. The summed E-state index contributed by atoms with van der Waals surface area (Å²) in [5.41, 5.74) is 7.16. The second-order valence-corrected chi connectivity index (χ2v) is 5.44. The van der Waals surface area contributed by atoms with Crippen molar-refractivity contribution in [2.24, 2.45) is 0 Å². The molecule has 0 spiro atoms. The molecule has 2 aromatic rings. The molecule has 2 rings (SSSR count). The second-order valence-electron chi connectivity index (χ2n) is 4.54. The van der Waals surface area contributed by atoms with E-state index in [2.05, 4.69) is 24.1 Å². The fourth-order valence-corrected chi connectivity index (χ4v) is 2.45. The highest BCUT2D eigenvalue weighted by atomic mass is 32.1. The molecule has 0 saturated heterocycles. The first-order chi connectivity index (χ1) is 8.53. The van der Waals surface area contributed by atoms with Gasteiger partial charge in [-0.1, -0.05) is 0 Å². The van der Waals surface area contributed by atoms with Crippen molar-refractivity contribution in [1.82, 2.24) is 4.98 Å². The summed E-state index contributed by atoms with van der Waals surface area (Å²) in [6.45, 7) is 4.18. The van der Waals surface area contributed by atoms with Gasteiger partial charge in [0.1, 0.15) is 10.8 Å². The zero-order chi connectivity index (χ0) is 13.2. The molecular formula is C13H17N3OS. The van der Waals surface area contributed by atoms with Crippen molar-refractivity contribution in [2.45, 2.75) is 19.4 Å². The molecule has 0 atom stereocenters. The van der Waals surface area contributed by atoms with E-state index in [1.165, 1.54) is 0 Å². The third-order valence-corrected chi connectivity index (χ3v) is 3.75. The Hall–Kier alpha value is -1.75. The van der Waals surface area contributed by atoms with Crippen LogP contribution in [0.15, 0.2) is 29.8 Å². The lowest BCUT2D eigenvalue weighted by Gasteiger charge is -2.25. The highest BCUT2D eigenvalue weighted by Crippen LogP contribution is 2.30. The summed E-state index contributed by atoms with van der Waals surface area (Å²) >= 11 is 1.63. The molecule has 1 heterocycles. The monoisotopic (exact) mass is 263 g/mol. The molecule has 0 aliphatic heterocycles. The molecule has 0 aliphatic rings. The van der Waals surface area contributed by atoms with Gasteiger partial charge in [-0.2, -0.15) is 0 Å². The summed E-state index contributed by atoms with van der Waals surface area (Å²) in [7, 11) is 1.61. The fourth-order valence-electron chi connectivity index (χ4n) is 1.74. The number of aromatic nitrogens is 1. The van der Waals surface area contributed by atoms with E-state index in [1.54, 1.807) is 18.4 Å². The van der Waals surface area contributed by atoms with Gasteiger partial charge in [-0.25, -0.2) is 4.98 Å². The van der Waals surface area contributed by atoms with Gasteiger partial charge in [-0.15, -0.1) is 11.3 Å². The van der Waals surface area contributed by atoms with Crippen LogP contribution in [-0.4, -0.2) is 12.1 Å². The maximum atomic E-state index is 5.80. The standard InChI is InChI=1S/C13H17N3OS/c1-13(2,12-15-6-7-18-12)16-9-4-5-10(14)11(8-9)17-3/h4-8,16H,14H2,1-3H3. The van der Waals surface area contributed by atoms with E-state index in [0.29, 0.717) is 11.4 Å². The molecule has 0 saturated carbocycles. The first-order valence-corrected chi connectivity index (χ1v) is 6.52. The predicted octanol–water partition coefficient (Wildman–Crippen LogP) is 3.08. The van der Waals surface area contributed by atoms with Gasteiger partial charge in [0.15, 0.2) is 0 Å². The van der Waals surface area contributed by atoms with Crippen molar-refractivity contribution < 1.29 is 4.74 Å². The summed E-state index contributed by atoms with van der Waals surface area (Å²) in [6, 6.07) is 5.66. The van der Waals surface area contributed by atoms with Crippen LogP contribution in [0.3, 0.4) is 0 Å². The number of hydrogen-bond donors (Lipinski definition) is 2. The van der Waals surface area contributed by atoms with Crippen LogP contribution in [0.25, 0.3) is 0 Å². The Bertz CT molecular complexity index is 523. The van der Waals surface area contributed by atoms with Gasteiger partial charge in [0.05, 0.1) is 18.3 Å². The fraction of sp³-hybridized carbons (Fsp3) is 0.308. The van der Waals surface area contributed by atoms with E-state index >= 15 is 0 Å². The molecule has 0 fully saturated rings. The number of thiazole rings is 1. The molecule has 0 radical (unpaired) electrons. The molecule has 18 heavy (non-hydrogen) atoms. The number of nitrogens with zero attached hydrogens (tertiary/aromatic N) is 1. The van der Waals surface area contributed by atoms with Crippen LogP contribution in [-0.2, 0) is 5.54 Å². The predicted molar refractivity (Wildman–Crippen MR) is 76.2 cm³/mol. The zero-order valence-electron chi connectivity index (χ0n) is 10.7. The van der Waals surface area contributed by atoms with Crippen LogP contribution in [0.5, 0.6) is 5.75 Å². The molecule has 0 bridgehead atoms. The molecule has 1 aromatic heterocycles. The summed E-state index contributed by atoms with van der Waals surface area (Å²) in [5.74, 6) is 0.676. The van der Waals surface area contributed by atoms with E-state index in [9.17, 15) is 0 Å². The smallest absolute Gasteiger partial charge is 0.143 e. The van der Waals surface area contributed by atoms with E-state index < -0.39 is 0 Å². The number of methoxy groups -OCH3 is 1. The number of nitrogens with two attached hydrogens (primary N) is 1. The van der Waals surface area contributed by atoms with Crippen molar-refractivity contribution in [3.8, 4) is 5.75 Å². The third kappa shape index (κ3) is 2.56. The van der Waals surface area contributed by atoms with Crippen molar-refractivity contribution in [1.29, 1.82) is 0 Å². The molecule has 1 aromatic carbocycles. The van der Waals surface area contributed by atoms with E-state index in [-0.39, 0.29) is 5.54 Å². The summed E-state index contributed by atoms with van der Waals surface area (Å²) < 4.78 is 5.21. The second kappa shape index (κ2) is 4.86. The molecule has 0 aliphatic carbocycles. The highest BCUT2D eigenvalue weighted by Gasteiger charge is 2.23. The largest absolute Gasteiger partial charge is 0.495 e. The lowest BCUT2D eigenvalue weighted by Crippen LogP contribution is -2.27. The minimum atomic E-state index is -0.227. The van der Waals surface area contributed by atoms with Crippen molar-refractivity contribution in [3.05, 3.63) is 34.8 Å². The molecule has 0 amide bonds. The van der Waals surface area contributed by atoms with Gasteiger partial charge in [0.2, 0.25) is 0 Å². The number of ether oxygens (including phenoxy) is 1. The maximum absolute atomic E-state index is 5.80. The van der Waals surface area contributed by atoms with Gasteiger partial charge in [-0.05, 0) is 26.0 Å². The number of nitrogens with one attached hydrogen (secondary N) is 1. The first kappa shape index (κ1) is 12.7. The lowest BCUT2D eigenvalue weighted by atomic mass is 10.1. The number of benzene rings is 1. The average molecular weight is 263 g/mol. The topological polar surface area (TPSA) is 60.2 Å². The van der Waals surface area contributed by atoms with Crippen molar-refractivity contribution >= 4 is 22.7 Å². The Labute approximate surface area is 111 Å². The minimum absolute atomic E-state index is 0.227.